The van der Waals surface area contributed by atoms with Crippen molar-refractivity contribution in [3.63, 3.8) is 0 Å². The third-order valence-corrected chi connectivity index (χ3v) is 12.5. The zero-order chi connectivity index (χ0) is 38.2. The molecule has 0 amide bonds. The number of fused-ring (bicyclic) bond motifs is 6. The summed E-state index contributed by atoms with van der Waals surface area (Å²) in [4.78, 5) is 9.21. The molecule has 9 aromatic rings. The minimum Gasteiger partial charge on any atom is -0.476 e. The molecular weight excluding hydrogens is 877 g/mol. The normalized spacial score (nSPS) is 12.2. The topological polar surface area (TPSA) is 38.9 Å². The molecule has 3 aromatic heterocycles. The number of pyridine rings is 2. The van der Waals surface area contributed by atoms with Gasteiger partial charge in [-0.15, -0.1) is 47.0 Å². The van der Waals surface area contributed by atoms with Gasteiger partial charge in [-0.1, -0.05) is 176 Å². The Balaban J connectivity index is 0.000000163. The van der Waals surface area contributed by atoms with Crippen molar-refractivity contribution >= 4 is 35.2 Å². The third kappa shape index (κ3) is 7.46. The number of hydrogen-bond donors (Lipinski definition) is 0. The van der Waals surface area contributed by atoms with Crippen LogP contribution in [0.25, 0.3) is 77.8 Å². The van der Waals surface area contributed by atoms with Crippen molar-refractivity contribution in [3.8, 4) is 55.9 Å². The van der Waals surface area contributed by atoms with Crippen LogP contribution in [-0.4, -0.2) is 18.0 Å². The summed E-state index contributed by atoms with van der Waals surface area (Å²) in [7, 11) is -1.31. The molecule has 10 rings (SSSR count). The maximum Gasteiger partial charge on any atom is 0.131 e. The van der Waals surface area contributed by atoms with Crippen LogP contribution in [0.4, 0.5) is 0 Å². The fourth-order valence-electron chi connectivity index (χ4n) is 7.42. The van der Waals surface area contributed by atoms with Crippen LogP contribution in [0.5, 0.6) is 0 Å². The largest absolute Gasteiger partial charge is 0.476 e. The molecule has 0 spiro atoms. The van der Waals surface area contributed by atoms with Gasteiger partial charge in [0.05, 0.1) is 15.0 Å². The molecule has 1 aliphatic rings. The van der Waals surface area contributed by atoms with Gasteiger partial charge in [0.25, 0.3) is 0 Å². The molecule has 0 aliphatic heterocycles. The standard InChI is InChI=1S/C29H18NO.C22H22NSi.Ir/c1-2-7-20(8-3-1)21-12-14-22(15-13-21)24-9-6-10-26-25-17-16-23(19-28(25)31-29(24)26)27-11-4-5-18-30-27;1-24(2,3)20-14-19-10-9-18-13-17(16-7-5-4-6-8-16)11-12-21(18)22(19)23-15-20;/h1-15,17-19H;4-8,11,13-15H,9-10H2,1-3H3;/q2*-1;/i4D;;. The van der Waals surface area contributed by atoms with E-state index in [1.165, 1.54) is 44.1 Å². The summed E-state index contributed by atoms with van der Waals surface area (Å²) >= 11 is 0. The molecule has 0 N–H and O–H groups in total. The van der Waals surface area contributed by atoms with E-state index in [-0.39, 0.29) is 20.1 Å². The summed E-state index contributed by atoms with van der Waals surface area (Å²) in [5, 5.41) is 3.54. The van der Waals surface area contributed by atoms with Crippen molar-refractivity contribution in [2.24, 2.45) is 0 Å². The van der Waals surface area contributed by atoms with E-state index in [4.69, 9.17) is 10.8 Å². The monoisotopic (exact) mass is 918 g/mol. The molecule has 3 nitrogen and oxygen atoms in total. The summed E-state index contributed by atoms with van der Waals surface area (Å²) < 4.78 is 14.2. The van der Waals surface area contributed by atoms with E-state index in [1.807, 2.05) is 18.2 Å². The molecule has 1 aliphatic carbocycles. The molecule has 275 valence electrons. The zero-order valence-electron chi connectivity index (χ0n) is 32.6. The predicted octanol–water partition coefficient (Wildman–Crippen LogP) is 12.6. The summed E-state index contributed by atoms with van der Waals surface area (Å²) in [5.74, 6) is 0. The molecule has 1 radical (unpaired) electrons. The second-order valence-corrected chi connectivity index (χ2v) is 20.2. The van der Waals surface area contributed by atoms with E-state index >= 15 is 0 Å². The molecule has 0 saturated carbocycles. The first kappa shape index (κ1) is 36.0. The van der Waals surface area contributed by atoms with Gasteiger partial charge in [-0.3, -0.25) is 0 Å². The molecule has 0 fully saturated rings. The van der Waals surface area contributed by atoms with E-state index in [0.29, 0.717) is 6.04 Å². The minimum absolute atomic E-state index is 0. The summed E-state index contributed by atoms with van der Waals surface area (Å²) in [6, 6.07) is 57.2. The Morgan fingerprint density at radius 3 is 2.05 bits per heavy atom. The fraction of sp³-hybridized carbons (Fsp3) is 0.0980. The quantitative estimate of drug-likeness (QED) is 0.128. The van der Waals surface area contributed by atoms with Crippen molar-refractivity contribution in [1.29, 1.82) is 0 Å². The predicted molar refractivity (Wildman–Crippen MR) is 231 cm³/mol. The van der Waals surface area contributed by atoms with Crippen LogP contribution in [0, 0.1) is 12.1 Å². The molecule has 6 aromatic carbocycles. The number of benzene rings is 6. The van der Waals surface area contributed by atoms with Crippen LogP contribution < -0.4 is 5.19 Å². The van der Waals surface area contributed by atoms with E-state index in [1.54, 1.807) is 18.3 Å². The van der Waals surface area contributed by atoms with Gasteiger partial charge in [0.2, 0.25) is 0 Å². The first-order valence-electron chi connectivity index (χ1n) is 19.3. The number of aryl methyl sites for hydroxylation is 2. The van der Waals surface area contributed by atoms with E-state index in [2.05, 4.69) is 158 Å². The van der Waals surface area contributed by atoms with Crippen LogP contribution in [-0.2, 0) is 32.9 Å². The minimum atomic E-state index is -1.31. The van der Waals surface area contributed by atoms with Gasteiger partial charge in [-0.2, -0.15) is 0 Å². The number of aromatic nitrogens is 2. The molecule has 0 unspecified atom stereocenters. The van der Waals surface area contributed by atoms with Crippen LogP contribution in [0.15, 0.2) is 168 Å². The first-order chi connectivity index (χ1) is 27.3. The summed E-state index contributed by atoms with van der Waals surface area (Å²) in [5.41, 5.74) is 15.4. The number of nitrogens with zero attached hydrogens (tertiary/aromatic N) is 2. The number of rotatable bonds is 5. The van der Waals surface area contributed by atoms with Crippen molar-refractivity contribution in [2.45, 2.75) is 32.5 Å². The van der Waals surface area contributed by atoms with Crippen LogP contribution in [0.2, 0.25) is 19.6 Å². The van der Waals surface area contributed by atoms with Gasteiger partial charge in [-0.05, 0) is 51.1 Å². The molecule has 5 heteroatoms. The molecule has 0 atom stereocenters. The van der Waals surface area contributed by atoms with E-state index in [9.17, 15) is 0 Å². The first-order valence-corrected chi connectivity index (χ1v) is 22.3. The Kier molecular flexibility index (Phi) is 10.1. The molecular formula is C51H40IrN2OSi-2. The van der Waals surface area contributed by atoms with Gasteiger partial charge < -0.3 is 14.4 Å². The maximum atomic E-state index is 7.85. The van der Waals surface area contributed by atoms with Crippen molar-refractivity contribution in [3.05, 3.63) is 187 Å². The van der Waals surface area contributed by atoms with Gasteiger partial charge in [-0.25, -0.2) is 0 Å². The number of para-hydroxylation sites is 1. The smallest absolute Gasteiger partial charge is 0.131 e. The van der Waals surface area contributed by atoms with Gasteiger partial charge in [0, 0.05) is 38.1 Å². The van der Waals surface area contributed by atoms with E-state index in [0.717, 1.165) is 62.9 Å². The van der Waals surface area contributed by atoms with Crippen molar-refractivity contribution in [2.75, 3.05) is 0 Å². The Morgan fingerprint density at radius 1 is 0.625 bits per heavy atom. The molecule has 0 saturated heterocycles. The maximum absolute atomic E-state index is 7.85. The fourth-order valence-corrected chi connectivity index (χ4v) is 8.48. The third-order valence-electron chi connectivity index (χ3n) is 10.5. The summed E-state index contributed by atoms with van der Waals surface area (Å²) in [6.07, 6.45) is 5.90. The van der Waals surface area contributed by atoms with Crippen molar-refractivity contribution < 1.29 is 25.9 Å². The Morgan fingerprint density at radius 2 is 1.32 bits per heavy atom. The summed E-state index contributed by atoms with van der Waals surface area (Å²) in [6.45, 7) is 7.14. The van der Waals surface area contributed by atoms with Gasteiger partial charge in [0.1, 0.15) is 5.58 Å². The second kappa shape index (κ2) is 15.8. The Labute approximate surface area is 344 Å². The Bertz CT molecular complexity index is 2850. The average Bonchev–Trinajstić information content (AvgIpc) is 3.62. The van der Waals surface area contributed by atoms with Crippen LogP contribution in [0.1, 0.15) is 12.5 Å². The zero-order valence-corrected chi connectivity index (χ0v) is 35.0. The number of furan rings is 1. The SMILES string of the molecule is C[Si](C)(C)c1cnc2c(c1)CCc1cc(-c3ccccc3)c[c-]c1-2.[2H]c1ccnc(-c2[c-]cc3c(c2)oc2c(-c4ccc(-c5ccccc5)cc4)cccc23)c1.[Ir]. The van der Waals surface area contributed by atoms with E-state index < -0.39 is 8.07 Å². The molecule has 3 heterocycles. The number of hydrogen-bond acceptors (Lipinski definition) is 3. The van der Waals surface area contributed by atoms with Crippen LogP contribution in [0.3, 0.4) is 0 Å². The van der Waals surface area contributed by atoms with Gasteiger partial charge in [0.15, 0.2) is 0 Å². The van der Waals surface area contributed by atoms with Crippen molar-refractivity contribution in [1.82, 2.24) is 9.97 Å². The van der Waals surface area contributed by atoms with Crippen LogP contribution >= 0.6 is 0 Å². The molecule has 0 bridgehead atoms. The molecule has 56 heavy (non-hydrogen) atoms. The van der Waals surface area contributed by atoms with Gasteiger partial charge >= 0.3 is 0 Å². The Hall–Kier alpha value is -5.71. The average molecular weight is 918 g/mol. The second-order valence-electron chi connectivity index (χ2n) is 15.1.